The van der Waals surface area contributed by atoms with E-state index in [4.69, 9.17) is 9.07 Å². The fraction of sp³-hybridized carbons (Fsp3) is 0.467. The third kappa shape index (κ3) is 3.67. The van der Waals surface area contributed by atoms with Crippen molar-refractivity contribution in [2.24, 2.45) is 0 Å². The zero-order valence-electron chi connectivity index (χ0n) is 13.6. The molecule has 1 heterocycles. The van der Waals surface area contributed by atoms with Gasteiger partial charge in [-0.05, 0) is 39.8 Å². The normalized spacial score (nSPS) is 12.5. The summed E-state index contributed by atoms with van der Waals surface area (Å²) >= 11 is 0. The van der Waals surface area contributed by atoms with Crippen molar-refractivity contribution in [3.8, 4) is 0 Å². The number of hydrogen-bond donors (Lipinski definition) is 2. The molecule has 0 fully saturated rings. The Kier molecular flexibility index (Phi) is 4.31. The summed E-state index contributed by atoms with van der Waals surface area (Å²) in [6.07, 6.45) is 0. The number of aliphatic hydroxyl groups is 1. The first kappa shape index (κ1) is 16.5. The van der Waals surface area contributed by atoms with Gasteiger partial charge in [-0.3, -0.25) is 10.1 Å². The standard InChI is InChI=1S/C15H21BN2O4/c1-9(19)17-13-18-11-8-10(6-7-12(11)21-13)16-22-15(4,5)14(2,3)20/h6-8,16,20H,1-5H3,(H,17,18,19). The van der Waals surface area contributed by atoms with Crippen LogP contribution in [0, 0.1) is 0 Å². The molecule has 0 atom stereocenters. The Balaban J connectivity index is 2.14. The second kappa shape index (κ2) is 5.74. The summed E-state index contributed by atoms with van der Waals surface area (Å²) in [6, 6.07) is 5.66. The molecule has 1 aromatic carbocycles. The lowest BCUT2D eigenvalue weighted by Gasteiger charge is -2.37. The molecule has 0 spiro atoms. The summed E-state index contributed by atoms with van der Waals surface area (Å²) < 4.78 is 11.2. The third-order valence-corrected chi connectivity index (χ3v) is 3.81. The molecule has 7 heteroatoms. The van der Waals surface area contributed by atoms with Gasteiger partial charge in [-0.15, -0.1) is 0 Å². The summed E-state index contributed by atoms with van der Waals surface area (Å²) in [5, 5.41) is 12.6. The Labute approximate surface area is 130 Å². The fourth-order valence-corrected chi connectivity index (χ4v) is 1.71. The molecule has 2 N–H and O–H groups in total. The molecule has 0 aliphatic rings. The van der Waals surface area contributed by atoms with E-state index in [1.807, 2.05) is 26.0 Å². The van der Waals surface area contributed by atoms with Crippen molar-refractivity contribution in [2.75, 3.05) is 5.32 Å². The minimum atomic E-state index is -0.955. The molecule has 1 amide bonds. The number of carbonyl (C=O) groups excluding carboxylic acids is 1. The summed E-state index contributed by atoms with van der Waals surface area (Å²) in [4.78, 5) is 15.2. The zero-order chi connectivity index (χ0) is 16.5. The van der Waals surface area contributed by atoms with Gasteiger partial charge < -0.3 is 14.2 Å². The average Bonchev–Trinajstić information content (AvgIpc) is 2.75. The third-order valence-electron chi connectivity index (χ3n) is 3.81. The van der Waals surface area contributed by atoms with E-state index in [9.17, 15) is 9.90 Å². The van der Waals surface area contributed by atoms with Gasteiger partial charge in [0, 0.05) is 6.92 Å². The Morgan fingerprint density at radius 2 is 2.05 bits per heavy atom. The fourth-order valence-electron chi connectivity index (χ4n) is 1.71. The molecule has 6 nitrogen and oxygen atoms in total. The maximum absolute atomic E-state index is 11.0. The Bertz CT molecular complexity index is 688. The molecular formula is C15H21BN2O4. The number of nitrogens with zero attached hydrogens (tertiary/aromatic N) is 1. The van der Waals surface area contributed by atoms with Gasteiger partial charge in [-0.25, -0.2) is 0 Å². The van der Waals surface area contributed by atoms with E-state index >= 15 is 0 Å². The maximum atomic E-state index is 11.0. The maximum Gasteiger partial charge on any atom is 0.309 e. The monoisotopic (exact) mass is 304 g/mol. The molecule has 1 aromatic heterocycles. The van der Waals surface area contributed by atoms with Crippen LogP contribution in [-0.4, -0.2) is 34.7 Å². The van der Waals surface area contributed by atoms with Crippen LogP contribution >= 0.6 is 0 Å². The van der Waals surface area contributed by atoms with Crippen molar-refractivity contribution < 1.29 is 19.0 Å². The molecule has 0 unspecified atom stereocenters. The Morgan fingerprint density at radius 3 is 2.64 bits per heavy atom. The van der Waals surface area contributed by atoms with Crippen LogP contribution in [0.2, 0.25) is 0 Å². The van der Waals surface area contributed by atoms with E-state index in [1.54, 1.807) is 19.9 Å². The van der Waals surface area contributed by atoms with Gasteiger partial charge in [-0.2, -0.15) is 4.98 Å². The quantitative estimate of drug-likeness (QED) is 0.814. The molecular weight excluding hydrogens is 283 g/mol. The van der Waals surface area contributed by atoms with Crippen LogP contribution in [0.4, 0.5) is 6.01 Å². The first-order valence-electron chi connectivity index (χ1n) is 7.12. The largest absolute Gasteiger partial charge is 0.427 e. The van der Waals surface area contributed by atoms with E-state index in [0.717, 1.165) is 5.46 Å². The zero-order valence-corrected chi connectivity index (χ0v) is 13.6. The van der Waals surface area contributed by atoms with Crippen LogP contribution in [0.25, 0.3) is 11.1 Å². The number of hydrogen-bond acceptors (Lipinski definition) is 5. The van der Waals surface area contributed by atoms with Crippen molar-refractivity contribution in [1.29, 1.82) is 0 Å². The predicted octanol–water partition coefficient (Wildman–Crippen LogP) is 1.33. The van der Waals surface area contributed by atoms with Crippen molar-refractivity contribution >= 4 is 36.0 Å². The number of aromatic nitrogens is 1. The summed E-state index contributed by atoms with van der Waals surface area (Å²) in [5.74, 6) is -0.234. The van der Waals surface area contributed by atoms with Crippen molar-refractivity contribution in [2.45, 2.75) is 45.8 Å². The van der Waals surface area contributed by atoms with Crippen LogP contribution < -0.4 is 10.8 Å². The lowest BCUT2D eigenvalue weighted by molar-refractivity contribution is -0.114. The molecule has 2 aromatic rings. The van der Waals surface area contributed by atoms with Crippen LogP contribution in [0.3, 0.4) is 0 Å². The molecule has 118 valence electrons. The van der Waals surface area contributed by atoms with E-state index in [2.05, 4.69) is 10.3 Å². The SMILES string of the molecule is CC(=O)Nc1nc2cc(BOC(C)(C)C(C)(C)O)ccc2o1. The molecule has 0 saturated heterocycles. The average molecular weight is 304 g/mol. The minimum Gasteiger partial charge on any atom is -0.427 e. The van der Waals surface area contributed by atoms with Gasteiger partial charge in [-0.1, -0.05) is 11.5 Å². The summed E-state index contributed by atoms with van der Waals surface area (Å²) in [7, 11) is 0.343. The highest BCUT2D eigenvalue weighted by atomic mass is 16.5. The molecule has 2 rings (SSSR count). The highest BCUT2D eigenvalue weighted by molar-refractivity contribution is 6.47. The molecule has 0 aliphatic heterocycles. The smallest absolute Gasteiger partial charge is 0.309 e. The van der Waals surface area contributed by atoms with E-state index < -0.39 is 11.2 Å². The van der Waals surface area contributed by atoms with Gasteiger partial charge in [0.05, 0.1) is 11.2 Å². The van der Waals surface area contributed by atoms with Gasteiger partial charge in [0.2, 0.25) is 5.91 Å². The van der Waals surface area contributed by atoms with Crippen LogP contribution in [-0.2, 0) is 9.45 Å². The topological polar surface area (TPSA) is 84.6 Å². The number of amides is 1. The number of anilines is 1. The Hall–Kier alpha value is -1.86. The second-order valence-corrected chi connectivity index (χ2v) is 6.36. The van der Waals surface area contributed by atoms with Crippen LogP contribution in [0.5, 0.6) is 0 Å². The number of carbonyl (C=O) groups is 1. The van der Waals surface area contributed by atoms with Crippen molar-refractivity contribution in [3.63, 3.8) is 0 Å². The van der Waals surface area contributed by atoms with E-state index in [-0.39, 0.29) is 11.9 Å². The van der Waals surface area contributed by atoms with Gasteiger partial charge in [0.15, 0.2) is 5.58 Å². The molecule has 22 heavy (non-hydrogen) atoms. The molecule has 0 radical (unpaired) electrons. The lowest BCUT2D eigenvalue weighted by atomic mass is 9.82. The highest BCUT2D eigenvalue weighted by Gasteiger charge is 2.35. The van der Waals surface area contributed by atoms with Gasteiger partial charge in [0.1, 0.15) is 5.52 Å². The summed E-state index contributed by atoms with van der Waals surface area (Å²) in [5.41, 5.74) is 0.504. The summed E-state index contributed by atoms with van der Waals surface area (Å²) in [6.45, 7) is 8.51. The highest BCUT2D eigenvalue weighted by Crippen LogP contribution is 2.24. The van der Waals surface area contributed by atoms with Gasteiger partial charge >= 0.3 is 13.5 Å². The number of nitrogens with one attached hydrogen (secondary N) is 1. The number of fused-ring (bicyclic) bond motifs is 1. The van der Waals surface area contributed by atoms with E-state index in [1.165, 1.54) is 6.92 Å². The lowest BCUT2D eigenvalue weighted by Crippen LogP contribution is -2.49. The van der Waals surface area contributed by atoms with Crippen LogP contribution in [0.1, 0.15) is 34.6 Å². The number of oxazole rings is 1. The molecule has 0 saturated carbocycles. The molecule has 0 aliphatic carbocycles. The second-order valence-electron chi connectivity index (χ2n) is 6.36. The number of benzene rings is 1. The first-order valence-corrected chi connectivity index (χ1v) is 7.12. The number of rotatable bonds is 5. The van der Waals surface area contributed by atoms with Crippen LogP contribution in [0.15, 0.2) is 22.6 Å². The van der Waals surface area contributed by atoms with Gasteiger partial charge in [0.25, 0.3) is 0 Å². The molecule has 0 bridgehead atoms. The Morgan fingerprint density at radius 1 is 1.36 bits per heavy atom. The predicted molar refractivity (Wildman–Crippen MR) is 86.6 cm³/mol. The van der Waals surface area contributed by atoms with E-state index in [0.29, 0.717) is 18.6 Å². The van der Waals surface area contributed by atoms with Crippen molar-refractivity contribution in [3.05, 3.63) is 18.2 Å². The van der Waals surface area contributed by atoms with Crippen molar-refractivity contribution in [1.82, 2.24) is 4.98 Å². The minimum absolute atomic E-state index is 0.178. The first-order chi connectivity index (χ1) is 10.1.